The third kappa shape index (κ3) is 3.88. The van der Waals surface area contributed by atoms with E-state index in [4.69, 9.17) is 0 Å². The van der Waals surface area contributed by atoms with Crippen LogP contribution in [0.25, 0.3) is 0 Å². The summed E-state index contributed by atoms with van der Waals surface area (Å²) >= 11 is 0. The van der Waals surface area contributed by atoms with Gasteiger partial charge in [-0.2, -0.15) is 5.26 Å². The minimum atomic E-state index is -0.624. The maximum Gasteiger partial charge on any atom is 0.318 e. The third-order valence-corrected chi connectivity index (χ3v) is 4.84. The minimum Gasteiger partial charge on any atom is -0.325 e. The number of urea groups is 1. The SMILES string of the molecule is CC1CCN(C(=O)NC2(C#N)CCCCCCC2)CC1. The van der Waals surface area contributed by atoms with Crippen LogP contribution in [0.4, 0.5) is 4.79 Å². The van der Waals surface area contributed by atoms with Gasteiger partial charge < -0.3 is 10.2 Å². The molecule has 2 rings (SSSR count). The number of amides is 2. The maximum absolute atomic E-state index is 12.4. The number of piperidine rings is 1. The summed E-state index contributed by atoms with van der Waals surface area (Å²) in [5.41, 5.74) is -0.624. The molecule has 2 amide bonds. The number of carbonyl (C=O) groups excluding carboxylic acids is 1. The molecule has 112 valence electrons. The van der Waals surface area contributed by atoms with Crippen LogP contribution in [0, 0.1) is 17.2 Å². The lowest BCUT2D eigenvalue weighted by molar-refractivity contribution is 0.162. The fourth-order valence-corrected chi connectivity index (χ4v) is 3.27. The summed E-state index contributed by atoms with van der Waals surface area (Å²) in [6.07, 6.45) is 9.48. The number of hydrogen-bond donors (Lipinski definition) is 1. The van der Waals surface area contributed by atoms with Gasteiger partial charge in [-0.15, -0.1) is 0 Å². The summed E-state index contributed by atoms with van der Waals surface area (Å²) in [6.45, 7) is 3.89. The molecule has 0 aromatic heterocycles. The highest BCUT2D eigenvalue weighted by Crippen LogP contribution is 2.26. The second kappa shape index (κ2) is 6.97. The van der Waals surface area contributed by atoms with Crippen LogP contribution < -0.4 is 5.32 Å². The van der Waals surface area contributed by atoms with Crippen LogP contribution in [0.3, 0.4) is 0 Å². The summed E-state index contributed by atoms with van der Waals surface area (Å²) in [4.78, 5) is 14.3. The lowest BCUT2D eigenvalue weighted by Gasteiger charge is -2.35. The second-order valence-electron chi connectivity index (χ2n) is 6.56. The van der Waals surface area contributed by atoms with Crippen molar-refractivity contribution < 1.29 is 4.79 Å². The van der Waals surface area contributed by atoms with Crippen LogP contribution in [0.2, 0.25) is 0 Å². The molecule has 1 N–H and O–H groups in total. The maximum atomic E-state index is 12.4. The Bertz CT molecular complexity index is 358. The largest absolute Gasteiger partial charge is 0.325 e. The molecule has 0 aromatic rings. The lowest BCUT2D eigenvalue weighted by Crippen LogP contribution is -2.54. The van der Waals surface area contributed by atoms with Crippen molar-refractivity contribution in [2.75, 3.05) is 13.1 Å². The minimum absolute atomic E-state index is 0.0287. The van der Waals surface area contributed by atoms with E-state index < -0.39 is 5.54 Å². The Labute approximate surface area is 122 Å². The number of nitrogens with zero attached hydrogens (tertiary/aromatic N) is 2. The molecule has 4 heteroatoms. The van der Waals surface area contributed by atoms with E-state index in [0.29, 0.717) is 5.92 Å². The molecule has 1 saturated carbocycles. The molecule has 1 aliphatic carbocycles. The Balaban J connectivity index is 1.94. The van der Waals surface area contributed by atoms with Gasteiger partial charge in [0.15, 0.2) is 0 Å². The van der Waals surface area contributed by atoms with Crippen LogP contribution in [0.15, 0.2) is 0 Å². The Morgan fingerprint density at radius 1 is 1.15 bits per heavy atom. The van der Waals surface area contributed by atoms with Gasteiger partial charge in [-0.05, 0) is 31.6 Å². The summed E-state index contributed by atoms with van der Waals surface area (Å²) in [6, 6.07) is 2.38. The zero-order valence-corrected chi connectivity index (χ0v) is 12.7. The zero-order valence-electron chi connectivity index (χ0n) is 12.7. The van der Waals surface area contributed by atoms with Gasteiger partial charge in [0.2, 0.25) is 0 Å². The van der Waals surface area contributed by atoms with Crippen LogP contribution in [-0.4, -0.2) is 29.6 Å². The molecule has 0 radical (unpaired) electrons. The van der Waals surface area contributed by atoms with Crippen molar-refractivity contribution in [3.05, 3.63) is 0 Å². The molecule has 0 bridgehead atoms. The third-order valence-electron chi connectivity index (χ3n) is 4.84. The fraction of sp³-hybridized carbons (Fsp3) is 0.875. The van der Waals surface area contributed by atoms with Gasteiger partial charge in [-0.3, -0.25) is 0 Å². The van der Waals surface area contributed by atoms with Gasteiger partial charge in [0.25, 0.3) is 0 Å². The van der Waals surface area contributed by atoms with Gasteiger partial charge in [0, 0.05) is 13.1 Å². The molecular formula is C16H27N3O. The normalized spacial score (nSPS) is 24.3. The van der Waals surface area contributed by atoms with Gasteiger partial charge in [-0.25, -0.2) is 4.79 Å². The summed E-state index contributed by atoms with van der Waals surface area (Å²) in [5.74, 6) is 0.713. The van der Waals surface area contributed by atoms with Crippen LogP contribution in [-0.2, 0) is 0 Å². The lowest BCUT2D eigenvalue weighted by atomic mass is 9.85. The predicted molar refractivity (Wildman–Crippen MR) is 79.2 cm³/mol. The Kier molecular flexibility index (Phi) is 5.28. The first kappa shape index (κ1) is 15.2. The van der Waals surface area contributed by atoms with E-state index in [9.17, 15) is 10.1 Å². The number of likely N-dealkylation sites (tertiary alicyclic amines) is 1. The molecule has 0 aromatic carbocycles. The van der Waals surface area contributed by atoms with Crippen LogP contribution >= 0.6 is 0 Å². The van der Waals surface area contributed by atoms with Crippen molar-refractivity contribution in [3.63, 3.8) is 0 Å². The highest BCUT2D eigenvalue weighted by molar-refractivity contribution is 5.75. The molecule has 0 atom stereocenters. The van der Waals surface area contributed by atoms with E-state index in [1.807, 2.05) is 4.90 Å². The van der Waals surface area contributed by atoms with E-state index in [-0.39, 0.29) is 6.03 Å². The Morgan fingerprint density at radius 3 is 2.25 bits per heavy atom. The molecule has 2 fully saturated rings. The molecule has 1 aliphatic heterocycles. The van der Waals surface area contributed by atoms with Gasteiger partial charge in [0.1, 0.15) is 5.54 Å². The van der Waals surface area contributed by atoms with E-state index >= 15 is 0 Å². The molecule has 1 saturated heterocycles. The number of carbonyl (C=O) groups is 1. The van der Waals surface area contributed by atoms with Crippen molar-refractivity contribution in [2.24, 2.45) is 5.92 Å². The Hall–Kier alpha value is -1.24. The molecular weight excluding hydrogens is 250 g/mol. The molecule has 0 unspecified atom stereocenters. The molecule has 20 heavy (non-hydrogen) atoms. The van der Waals surface area contributed by atoms with Crippen molar-refractivity contribution in [1.82, 2.24) is 10.2 Å². The number of nitrogens with one attached hydrogen (secondary N) is 1. The first-order chi connectivity index (χ1) is 9.65. The zero-order chi connectivity index (χ0) is 14.4. The number of hydrogen-bond acceptors (Lipinski definition) is 2. The first-order valence-corrected chi connectivity index (χ1v) is 8.13. The highest BCUT2D eigenvalue weighted by atomic mass is 16.2. The average molecular weight is 277 g/mol. The van der Waals surface area contributed by atoms with Crippen LogP contribution in [0.5, 0.6) is 0 Å². The van der Waals surface area contributed by atoms with Gasteiger partial charge in [-0.1, -0.05) is 39.0 Å². The molecule has 4 nitrogen and oxygen atoms in total. The summed E-state index contributed by atoms with van der Waals surface area (Å²) in [5, 5.41) is 12.6. The van der Waals surface area contributed by atoms with E-state index in [1.165, 1.54) is 19.3 Å². The second-order valence-corrected chi connectivity index (χ2v) is 6.56. The first-order valence-electron chi connectivity index (χ1n) is 8.13. The topological polar surface area (TPSA) is 56.1 Å². The van der Waals surface area contributed by atoms with Crippen molar-refractivity contribution >= 4 is 6.03 Å². The van der Waals surface area contributed by atoms with Crippen molar-refractivity contribution in [3.8, 4) is 6.07 Å². The van der Waals surface area contributed by atoms with E-state index in [0.717, 1.165) is 51.6 Å². The van der Waals surface area contributed by atoms with E-state index in [2.05, 4.69) is 18.3 Å². The smallest absolute Gasteiger partial charge is 0.318 e. The molecule has 0 spiro atoms. The van der Waals surface area contributed by atoms with Crippen LogP contribution in [0.1, 0.15) is 64.7 Å². The van der Waals surface area contributed by atoms with E-state index in [1.54, 1.807) is 0 Å². The molecule has 1 heterocycles. The average Bonchev–Trinajstić information content (AvgIpc) is 2.43. The molecule has 2 aliphatic rings. The predicted octanol–water partition coefficient (Wildman–Crippen LogP) is 3.43. The quantitative estimate of drug-likeness (QED) is 0.798. The fourth-order valence-electron chi connectivity index (χ4n) is 3.27. The highest BCUT2D eigenvalue weighted by Gasteiger charge is 2.34. The number of nitriles is 1. The van der Waals surface area contributed by atoms with Crippen molar-refractivity contribution in [1.29, 1.82) is 5.26 Å². The van der Waals surface area contributed by atoms with Gasteiger partial charge in [0.05, 0.1) is 6.07 Å². The van der Waals surface area contributed by atoms with Crippen molar-refractivity contribution in [2.45, 2.75) is 70.3 Å². The number of rotatable bonds is 1. The standard InChI is InChI=1S/C16H27N3O/c1-14-7-11-19(12-8-14)15(20)18-16(13-17)9-5-3-2-4-6-10-16/h14H,2-12H2,1H3,(H,18,20). The van der Waals surface area contributed by atoms with Gasteiger partial charge >= 0.3 is 6.03 Å². The monoisotopic (exact) mass is 277 g/mol. The summed E-state index contributed by atoms with van der Waals surface area (Å²) < 4.78 is 0. The Morgan fingerprint density at radius 2 is 1.70 bits per heavy atom. The summed E-state index contributed by atoms with van der Waals surface area (Å²) in [7, 11) is 0.